The van der Waals surface area contributed by atoms with Crippen LogP contribution in [0.5, 0.6) is 0 Å². The normalized spacial score (nSPS) is 26.7. The van der Waals surface area contributed by atoms with E-state index in [1.54, 1.807) is 0 Å². The highest BCUT2D eigenvalue weighted by atomic mass is 19.4. The van der Waals surface area contributed by atoms with Gasteiger partial charge < -0.3 is 11.1 Å². The van der Waals surface area contributed by atoms with E-state index in [2.05, 4.69) is 5.32 Å². The fourth-order valence-electron chi connectivity index (χ4n) is 2.00. The van der Waals surface area contributed by atoms with Crippen LogP contribution in [0.4, 0.5) is 13.2 Å². The van der Waals surface area contributed by atoms with Crippen LogP contribution in [0.25, 0.3) is 0 Å². The van der Waals surface area contributed by atoms with Crippen LogP contribution in [0.3, 0.4) is 0 Å². The van der Waals surface area contributed by atoms with Crippen molar-refractivity contribution in [2.45, 2.75) is 44.3 Å². The van der Waals surface area contributed by atoms with E-state index in [1.165, 1.54) is 0 Å². The Labute approximate surface area is 92.6 Å². The smallest absolute Gasteiger partial charge is 0.369 e. The quantitative estimate of drug-likeness (QED) is 0.781. The van der Waals surface area contributed by atoms with Crippen LogP contribution in [0.1, 0.15) is 32.1 Å². The van der Waals surface area contributed by atoms with E-state index in [1.807, 2.05) is 0 Å². The van der Waals surface area contributed by atoms with Crippen molar-refractivity contribution in [1.29, 1.82) is 0 Å². The molecule has 1 aliphatic carbocycles. The van der Waals surface area contributed by atoms with E-state index in [-0.39, 0.29) is 24.4 Å². The summed E-state index contributed by atoms with van der Waals surface area (Å²) < 4.78 is 35.6. The van der Waals surface area contributed by atoms with Gasteiger partial charge in [-0.3, -0.25) is 4.79 Å². The Hall–Kier alpha value is -0.780. The third kappa shape index (κ3) is 4.83. The largest absolute Gasteiger partial charge is 0.390 e. The molecule has 0 radical (unpaired) electrons. The highest BCUT2D eigenvalue weighted by molar-refractivity contribution is 5.76. The fourth-order valence-corrected chi connectivity index (χ4v) is 2.00. The Balaban J connectivity index is 2.15. The van der Waals surface area contributed by atoms with E-state index in [0.29, 0.717) is 12.8 Å². The van der Waals surface area contributed by atoms with Crippen LogP contribution in [0, 0.1) is 5.92 Å². The molecule has 3 N–H and O–H groups in total. The first-order chi connectivity index (χ1) is 7.38. The molecule has 0 aromatic carbocycles. The number of alkyl halides is 3. The summed E-state index contributed by atoms with van der Waals surface area (Å²) in [6, 6.07) is 0.0953. The molecule has 0 aromatic rings. The zero-order valence-corrected chi connectivity index (χ0v) is 9.02. The molecule has 0 spiro atoms. The lowest BCUT2D eigenvalue weighted by atomic mass is 9.85. The molecule has 1 rings (SSSR count). The zero-order chi connectivity index (χ0) is 12.2. The first-order valence-electron chi connectivity index (χ1n) is 5.48. The van der Waals surface area contributed by atoms with Gasteiger partial charge in [0.1, 0.15) is 0 Å². The zero-order valence-electron chi connectivity index (χ0n) is 9.02. The molecule has 0 aromatic heterocycles. The Morgan fingerprint density at radius 2 is 1.81 bits per heavy atom. The van der Waals surface area contributed by atoms with Crippen molar-refractivity contribution in [3.8, 4) is 0 Å². The predicted molar refractivity (Wildman–Crippen MR) is 53.6 cm³/mol. The molecule has 1 saturated carbocycles. The molecule has 16 heavy (non-hydrogen) atoms. The van der Waals surface area contributed by atoms with Gasteiger partial charge in [0, 0.05) is 18.5 Å². The van der Waals surface area contributed by atoms with E-state index >= 15 is 0 Å². The lowest BCUT2D eigenvalue weighted by Gasteiger charge is -2.27. The van der Waals surface area contributed by atoms with E-state index < -0.39 is 12.6 Å². The van der Waals surface area contributed by atoms with Gasteiger partial charge in [0.25, 0.3) is 0 Å². The molecule has 1 fully saturated rings. The van der Waals surface area contributed by atoms with Gasteiger partial charge in [-0.25, -0.2) is 0 Å². The van der Waals surface area contributed by atoms with Gasteiger partial charge in [-0.05, 0) is 25.7 Å². The summed E-state index contributed by atoms with van der Waals surface area (Å²) in [6.07, 6.45) is -2.09. The topological polar surface area (TPSA) is 55.1 Å². The van der Waals surface area contributed by atoms with Gasteiger partial charge in [-0.15, -0.1) is 0 Å². The third-order valence-corrected chi connectivity index (χ3v) is 2.97. The standard InChI is InChI=1S/C10H17F3N2O/c11-10(12,13)5-6-15-8-3-1-7(2-4-8)9(14)16/h7-8,15H,1-6H2,(H2,14,16). The number of nitrogens with two attached hydrogens (primary N) is 1. The average Bonchev–Trinajstić information content (AvgIpc) is 2.16. The maximum atomic E-state index is 11.9. The van der Waals surface area contributed by atoms with Crippen LogP contribution >= 0.6 is 0 Å². The van der Waals surface area contributed by atoms with Crippen LogP contribution in [0.2, 0.25) is 0 Å². The molecule has 6 heteroatoms. The minimum Gasteiger partial charge on any atom is -0.369 e. The van der Waals surface area contributed by atoms with Gasteiger partial charge >= 0.3 is 6.18 Å². The molecular formula is C10H17F3N2O. The van der Waals surface area contributed by atoms with Gasteiger partial charge in [-0.2, -0.15) is 13.2 Å². The minimum absolute atomic E-state index is 0.0462. The molecule has 0 atom stereocenters. The number of hydrogen-bond donors (Lipinski definition) is 2. The second kappa shape index (κ2) is 5.52. The van der Waals surface area contributed by atoms with Crippen molar-refractivity contribution in [2.24, 2.45) is 11.7 Å². The van der Waals surface area contributed by atoms with Crippen LogP contribution in [0.15, 0.2) is 0 Å². The second-order valence-corrected chi connectivity index (χ2v) is 4.27. The summed E-state index contributed by atoms with van der Waals surface area (Å²) in [5, 5.41) is 2.87. The Morgan fingerprint density at radius 1 is 1.25 bits per heavy atom. The van der Waals surface area contributed by atoms with Crippen LogP contribution in [-0.4, -0.2) is 24.7 Å². The molecule has 1 amide bonds. The highest BCUT2D eigenvalue weighted by Gasteiger charge is 2.28. The van der Waals surface area contributed by atoms with Crippen LogP contribution in [-0.2, 0) is 4.79 Å². The van der Waals surface area contributed by atoms with Crippen molar-refractivity contribution in [2.75, 3.05) is 6.54 Å². The monoisotopic (exact) mass is 238 g/mol. The number of halogens is 3. The molecule has 0 unspecified atom stereocenters. The number of carbonyl (C=O) groups excluding carboxylic acids is 1. The van der Waals surface area contributed by atoms with Gasteiger partial charge in [0.15, 0.2) is 0 Å². The van der Waals surface area contributed by atoms with Crippen molar-refractivity contribution in [3.63, 3.8) is 0 Å². The number of primary amides is 1. The number of amides is 1. The maximum Gasteiger partial charge on any atom is 0.390 e. The number of carbonyl (C=O) groups is 1. The van der Waals surface area contributed by atoms with Crippen molar-refractivity contribution in [3.05, 3.63) is 0 Å². The van der Waals surface area contributed by atoms with Crippen molar-refractivity contribution < 1.29 is 18.0 Å². The summed E-state index contributed by atoms with van der Waals surface area (Å²) in [5.74, 6) is -0.394. The lowest BCUT2D eigenvalue weighted by Crippen LogP contribution is -2.38. The summed E-state index contributed by atoms with van der Waals surface area (Å²) in [7, 11) is 0. The first-order valence-corrected chi connectivity index (χ1v) is 5.48. The number of nitrogens with one attached hydrogen (secondary N) is 1. The summed E-state index contributed by atoms with van der Waals surface area (Å²) in [6.45, 7) is -0.0462. The van der Waals surface area contributed by atoms with E-state index in [4.69, 9.17) is 5.73 Å². The van der Waals surface area contributed by atoms with Crippen molar-refractivity contribution in [1.82, 2.24) is 5.32 Å². The summed E-state index contributed by atoms with van der Waals surface area (Å²) >= 11 is 0. The summed E-state index contributed by atoms with van der Waals surface area (Å²) in [4.78, 5) is 10.9. The third-order valence-electron chi connectivity index (χ3n) is 2.97. The second-order valence-electron chi connectivity index (χ2n) is 4.27. The number of rotatable bonds is 4. The minimum atomic E-state index is -4.10. The molecule has 0 bridgehead atoms. The first kappa shape index (κ1) is 13.3. The van der Waals surface area contributed by atoms with E-state index in [9.17, 15) is 18.0 Å². The van der Waals surface area contributed by atoms with Gasteiger partial charge in [0.2, 0.25) is 5.91 Å². The molecule has 1 aliphatic rings. The van der Waals surface area contributed by atoms with E-state index in [0.717, 1.165) is 12.8 Å². The summed E-state index contributed by atoms with van der Waals surface area (Å²) in [5.41, 5.74) is 5.16. The molecule has 0 heterocycles. The highest BCUT2D eigenvalue weighted by Crippen LogP contribution is 2.24. The maximum absolute atomic E-state index is 11.9. The number of hydrogen-bond acceptors (Lipinski definition) is 2. The molecule has 94 valence electrons. The fraction of sp³-hybridized carbons (Fsp3) is 0.900. The Kier molecular flexibility index (Phi) is 4.58. The van der Waals surface area contributed by atoms with Gasteiger partial charge in [-0.1, -0.05) is 0 Å². The Morgan fingerprint density at radius 3 is 2.25 bits per heavy atom. The average molecular weight is 238 g/mol. The molecule has 0 saturated heterocycles. The van der Waals surface area contributed by atoms with Crippen molar-refractivity contribution >= 4 is 5.91 Å². The Bertz CT molecular complexity index is 235. The predicted octanol–water partition coefficient (Wildman–Crippen LogP) is 1.57. The molecule has 3 nitrogen and oxygen atoms in total. The SMILES string of the molecule is NC(=O)C1CCC(NCCC(F)(F)F)CC1. The van der Waals surface area contributed by atoms with Gasteiger partial charge in [0.05, 0.1) is 6.42 Å². The van der Waals surface area contributed by atoms with Crippen LogP contribution < -0.4 is 11.1 Å². The molecular weight excluding hydrogens is 221 g/mol. The lowest BCUT2D eigenvalue weighted by molar-refractivity contribution is -0.133. The molecule has 0 aliphatic heterocycles.